The molecule has 1 rings (SSSR count). The molecule has 0 aliphatic carbocycles. The highest BCUT2D eigenvalue weighted by Gasteiger charge is 2.59. The van der Waals surface area contributed by atoms with Gasteiger partial charge in [0.1, 0.15) is 0 Å². The summed E-state index contributed by atoms with van der Waals surface area (Å²) < 4.78 is 81.1. The van der Waals surface area contributed by atoms with Crippen LogP contribution in [0, 0.1) is 5.92 Å². The maximum Gasteiger partial charge on any atom is 0.402 e. The van der Waals surface area contributed by atoms with Gasteiger partial charge < -0.3 is 9.73 Å². The summed E-state index contributed by atoms with van der Waals surface area (Å²) >= 11 is 0. The molecular weight excluding hydrogens is 288 g/mol. The number of rotatable bonds is 6. The molecule has 8 heteroatoms. The highest BCUT2D eigenvalue weighted by Crippen LogP contribution is 2.42. The fourth-order valence-electron chi connectivity index (χ4n) is 1.94. The van der Waals surface area contributed by atoms with E-state index in [1.807, 2.05) is 0 Å². The van der Waals surface area contributed by atoms with Crippen molar-refractivity contribution >= 4 is 0 Å². The van der Waals surface area contributed by atoms with Gasteiger partial charge in [-0.2, -0.15) is 26.3 Å². The molecule has 20 heavy (non-hydrogen) atoms. The van der Waals surface area contributed by atoms with Gasteiger partial charge >= 0.3 is 12.4 Å². The van der Waals surface area contributed by atoms with Crippen LogP contribution in [-0.4, -0.2) is 24.9 Å². The summed E-state index contributed by atoms with van der Waals surface area (Å²) in [5, 5.41) is 2.34. The van der Waals surface area contributed by atoms with Gasteiger partial charge in [-0.25, -0.2) is 0 Å². The minimum Gasteiger partial charge on any atom is -0.472 e. The van der Waals surface area contributed by atoms with Crippen molar-refractivity contribution in [1.82, 2.24) is 5.32 Å². The van der Waals surface area contributed by atoms with Crippen molar-refractivity contribution in [3.05, 3.63) is 24.2 Å². The number of halogens is 6. The number of furan rings is 1. The molecule has 0 amide bonds. The van der Waals surface area contributed by atoms with E-state index in [1.54, 1.807) is 6.92 Å². The van der Waals surface area contributed by atoms with Crippen LogP contribution in [0.4, 0.5) is 26.3 Å². The summed E-state index contributed by atoms with van der Waals surface area (Å²) in [4.78, 5) is 0. The van der Waals surface area contributed by atoms with Gasteiger partial charge in [-0.15, -0.1) is 0 Å². The molecule has 1 atom stereocenters. The molecule has 0 aliphatic rings. The van der Waals surface area contributed by atoms with Crippen LogP contribution in [0.25, 0.3) is 0 Å². The van der Waals surface area contributed by atoms with Crippen LogP contribution in [0.3, 0.4) is 0 Å². The normalized spacial score (nSPS) is 14.8. The Morgan fingerprint density at radius 2 is 1.75 bits per heavy atom. The first-order chi connectivity index (χ1) is 9.16. The Morgan fingerprint density at radius 3 is 2.15 bits per heavy atom. The van der Waals surface area contributed by atoms with Crippen molar-refractivity contribution in [3.63, 3.8) is 0 Å². The van der Waals surface area contributed by atoms with E-state index in [0.29, 0.717) is 6.42 Å². The van der Waals surface area contributed by atoms with Gasteiger partial charge in [0.25, 0.3) is 0 Å². The third kappa shape index (κ3) is 4.73. The number of alkyl halides is 6. The molecule has 0 saturated carbocycles. The third-order valence-corrected chi connectivity index (χ3v) is 2.80. The van der Waals surface area contributed by atoms with Crippen LogP contribution >= 0.6 is 0 Å². The van der Waals surface area contributed by atoms with E-state index < -0.39 is 30.7 Å². The largest absolute Gasteiger partial charge is 0.472 e. The van der Waals surface area contributed by atoms with Crippen molar-refractivity contribution < 1.29 is 30.8 Å². The van der Waals surface area contributed by atoms with Crippen LogP contribution in [0.5, 0.6) is 0 Å². The lowest BCUT2D eigenvalue weighted by molar-refractivity contribution is -0.291. The average molecular weight is 303 g/mol. The SMILES string of the molecule is CCCNC(Cc1ccoc1)C(C(F)(F)F)C(F)(F)F. The number of hydrogen-bond donors (Lipinski definition) is 1. The van der Waals surface area contributed by atoms with Crippen LogP contribution < -0.4 is 5.32 Å². The van der Waals surface area contributed by atoms with Crippen molar-refractivity contribution in [1.29, 1.82) is 0 Å². The summed E-state index contributed by atoms with van der Waals surface area (Å²) in [6, 6.07) is -0.419. The molecule has 0 radical (unpaired) electrons. The second-order valence-electron chi connectivity index (χ2n) is 4.46. The Bertz CT molecular complexity index is 370. The van der Waals surface area contributed by atoms with E-state index in [0.717, 1.165) is 6.26 Å². The van der Waals surface area contributed by atoms with Gasteiger partial charge in [0, 0.05) is 6.04 Å². The Balaban J connectivity index is 2.98. The molecule has 0 aromatic carbocycles. The number of nitrogens with one attached hydrogen (secondary N) is 1. The van der Waals surface area contributed by atoms with Crippen LogP contribution in [-0.2, 0) is 6.42 Å². The Hall–Kier alpha value is -1.18. The maximum atomic E-state index is 12.7. The molecule has 116 valence electrons. The van der Waals surface area contributed by atoms with Crippen LogP contribution in [0.1, 0.15) is 18.9 Å². The van der Waals surface area contributed by atoms with Crippen molar-refractivity contribution in [2.75, 3.05) is 6.54 Å². The third-order valence-electron chi connectivity index (χ3n) is 2.80. The minimum absolute atomic E-state index is 0.0746. The molecule has 0 fully saturated rings. The zero-order chi connectivity index (χ0) is 15.4. The molecule has 0 saturated heterocycles. The van der Waals surface area contributed by atoms with E-state index >= 15 is 0 Å². The van der Waals surface area contributed by atoms with Gasteiger partial charge in [0.15, 0.2) is 5.92 Å². The van der Waals surface area contributed by atoms with E-state index in [4.69, 9.17) is 0 Å². The standard InChI is InChI=1S/C12H15F6NO/c1-2-4-19-9(6-8-3-5-20-7-8)10(11(13,14)15)12(16,17)18/h3,5,7,9-10,19H,2,4,6H2,1H3. The molecule has 0 spiro atoms. The fourth-order valence-corrected chi connectivity index (χ4v) is 1.94. The molecule has 1 aromatic heterocycles. The van der Waals surface area contributed by atoms with Gasteiger partial charge in [0.2, 0.25) is 0 Å². The van der Waals surface area contributed by atoms with E-state index in [1.165, 1.54) is 12.3 Å². The maximum absolute atomic E-state index is 12.7. The van der Waals surface area contributed by atoms with Crippen molar-refractivity contribution in [2.45, 2.75) is 38.2 Å². The second-order valence-corrected chi connectivity index (χ2v) is 4.46. The lowest BCUT2D eigenvalue weighted by Crippen LogP contribution is -2.52. The smallest absolute Gasteiger partial charge is 0.402 e. The lowest BCUT2D eigenvalue weighted by atomic mass is 9.93. The van der Waals surface area contributed by atoms with Gasteiger partial charge in [-0.05, 0) is 31.0 Å². The van der Waals surface area contributed by atoms with Crippen molar-refractivity contribution in [3.8, 4) is 0 Å². The first-order valence-corrected chi connectivity index (χ1v) is 6.04. The summed E-state index contributed by atoms with van der Waals surface area (Å²) in [6.45, 7) is 1.74. The predicted molar refractivity (Wildman–Crippen MR) is 60.1 cm³/mol. The highest BCUT2D eigenvalue weighted by atomic mass is 19.4. The van der Waals surface area contributed by atoms with Crippen LogP contribution in [0.15, 0.2) is 23.0 Å². The van der Waals surface area contributed by atoms with Crippen molar-refractivity contribution in [2.24, 2.45) is 5.92 Å². The van der Waals surface area contributed by atoms with E-state index in [-0.39, 0.29) is 12.1 Å². The molecule has 0 bridgehead atoms. The van der Waals surface area contributed by atoms with E-state index in [2.05, 4.69) is 9.73 Å². The second kappa shape index (κ2) is 6.51. The predicted octanol–water partition coefficient (Wildman–Crippen LogP) is 3.93. The summed E-state index contributed by atoms with van der Waals surface area (Å²) in [5.74, 6) is -3.41. The highest BCUT2D eigenvalue weighted by molar-refractivity contribution is 5.09. The summed E-state index contributed by atoms with van der Waals surface area (Å²) in [5.41, 5.74) is 0.289. The average Bonchev–Trinajstić information content (AvgIpc) is 2.74. The van der Waals surface area contributed by atoms with Crippen LogP contribution in [0.2, 0.25) is 0 Å². The summed E-state index contributed by atoms with van der Waals surface area (Å²) in [7, 11) is 0. The first-order valence-electron chi connectivity index (χ1n) is 6.04. The first kappa shape index (κ1) is 16.9. The van der Waals surface area contributed by atoms with Gasteiger partial charge in [-0.3, -0.25) is 0 Å². The molecule has 1 N–H and O–H groups in total. The summed E-state index contributed by atoms with van der Waals surface area (Å²) in [6.07, 6.45) is -8.32. The lowest BCUT2D eigenvalue weighted by Gasteiger charge is -2.31. The molecule has 1 unspecified atom stereocenters. The Labute approximate surface area is 112 Å². The fraction of sp³-hybridized carbons (Fsp3) is 0.667. The van der Waals surface area contributed by atoms with Gasteiger partial charge in [-0.1, -0.05) is 6.92 Å². The Morgan fingerprint density at radius 1 is 1.15 bits per heavy atom. The molecule has 1 heterocycles. The van der Waals surface area contributed by atoms with Gasteiger partial charge in [0.05, 0.1) is 12.5 Å². The molecular formula is C12H15F6NO. The zero-order valence-corrected chi connectivity index (χ0v) is 10.7. The molecule has 1 aromatic rings. The molecule has 2 nitrogen and oxygen atoms in total. The monoisotopic (exact) mass is 303 g/mol. The van der Waals surface area contributed by atoms with E-state index in [9.17, 15) is 26.3 Å². The quantitative estimate of drug-likeness (QED) is 0.806. The Kier molecular flexibility index (Phi) is 5.50. The zero-order valence-electron chi connectivity index (χ0n) is 10.7. The minimum atomic E-state index is -5.35. The molecule has 0 aliphatic heterocycles. The number of hydrogen-bond acceptors (Lipinski definition) is 2. The topological polar surface area (TPSA) is 25.2 Å².